The number of rotatable bonds is 2. The highest BCUT2D eigenvalue weighted by Crippen LogP contribution is 2.42. The molecule has 0 radical (unpaired) electrons. The van der Waals surface area contributed by atoms with Crippen LogP contribution in [-0.4, -0.2) is 19.4 Å². The second-order valence-electron chi connectivity index (χ2n) is 3.83. The molecule has 0 saturated heterocycles. The number of methoxy groups -OCH3 is 1. The highest BCUT2D eigenvalue weighted by molar-refractivity contribution is 5.70. The van der Waals surface area contributed by atoms with Gasteiger partial charge in [-0.3, -0.25) is 0 Å². The molecule has 3 unspecified atom stereocenters. The molecule has 0 aromatic heterocycles. The van der Waals surface area contributed by atoms with Crippen LogP contribution in [0.25, 0.3) is 0 Å². The first-order valence-corrected chi connectivity index (χ1v) is 4.85. The minimum atomic E-state index is -0.514. The van der Waals surface area contributed by atoms with Crippen LogP contribution in [0.3, 0.4) is 0 Å². The third-order valence-corrected chi connectivity index (χ3v) is 2.94. The molecule has 0 aliphatic heterocycles. The monoisotopic (exact) mass is 194 g/mol. The van der Waals surface area contributed by atoms with Crippen molar-refractivity contribution in [3.05, 3.63) is 12.2 Å². The summed E-state index contributed by atoms with van der Waals surface area (Å²) in [6.45, 7) is 0. The van der Waals surface area contributed by atoms with E-state index in [1.54, 1.807) is 0 Å². The van der Waals surface area contributed by atoms with Crippen LogP contribution in [0.2, 0.25) is 0 Å². The summed E-state index contributed by atoms with van der Waals surface area (Å²) in [4.78, 5) is 10.7. The van der Waals surface area contributed by atoms with E-state index in [9.17, 15) is 4.79 Å². The third kappa shape index (κ3) is 1.78. The van der Waals surface area contributed by atoms with Gasteiger partial charge in [0.2, 0.25) is 0 Å². The molecule has 1 amide bonds. The van der Waals surface area contributed by atoms with Crippen LogP contribution < -0.4 is 5.43 Å². The van der Waals surface area contributed by atoms with Gasteiger partial charge in [-0.25, -0.2) is 10.2 Å². The van der Waals surface area contributed by atoms with E-state index in [1.807, 2.05) is 6.21 Å². The average molecular weight is 194 g/mol. The van der Waals surface area contributed by atoms with Gasteiger partial charge < -0.3 is 4.74 Å². The summed E-state index contributed by atoms with van der Waals surface area (Å²) in [6, 6.07) is 0. The first kappa shape index (κ1) is 9.24. The minimum Gasteiger partial charge on any atom is -0.452 e. The summed E-state index contributed by atoms with van der Waals surface area (Å²) in [5.74, 6) is 1.85. The Hall–Kier alpha value is -1.32. The Morgan fingerprint density at radius 3 is 3.00 bits per heavy atom. The molecule has 1 saturated carbocycles. The lowest BCUT2D eigenvalue weighted by Gasteiger charge is -2.11. The Labute approximate surface area is 83.0 Å². The molecule has 2 rings (SSSR count). The van der Waals surface area contributed by atoms with Gasteiger partial charge in [0.25, 0.3) is 0 Å². The number of fused-ring (bicyclic) bond motifs is 2. The number of hydrazone groups is 1. The van der Waals surface area contributed by atoms with E-state index >= 15 is 0 Å². The zero-order valence-corrected chi connectivity index (χ0v) is 8.14. The number of carbonyl (C=O) groups is 1. The molecule has 0 aromatic rings. The molecule has 1 fully saturated rings. The SMILES string of the molecule is COC(=O)NN=CC1CC2C=CC1C2. The fraction of sp³-hybridized carbons (Fsp3) is 0.600. The van der Waals surface area contributed by atoms with E-state index in [0.29, 0.717) is 11.8 Å². The van der Waals surface area contributed by atoms with Crippen molar-refractivity contribution in [1.29, 1.82) is 0 Å². The maximum absolute atomic E-state index is 10.7. The number of hydrogen-bond donors (Lipinski definition) is 1. The molecule has 2 aliphatic carbocycles. The maximum Gasteiger partial charge on any atom is 0.427 e. The fourth-order valence-electron chi connectivity index (χ4n) is 2.23. The summed E-state index contributed by atoms with van der Waals surface area (Å²) < 4.78 is 4.40. The minimum absolute atomic E-state index is 0.488. The van der Waals surface area contributed by atoms with Gasteiger partial charge in [0.05, 0.1) is 7.11 Å². The molecule has 76 valence electrons. The lowest BCUT2D eigenvalue weighted by molar-refractivity contribution is 0.171. The number of carbonyl (C=O) groups excluding carboxylic acids is 1. The largest absolute Gasteiger partial charge is 0.452 e. The number of ether oxygens (including phenoxy) is 1. The van der Waals surface area contributed by atoms with Crippen LogP contribution in [0, 0.1) is 17.8 Å². The van der Waals surface area contributed by atoms with E-state index in [-0.39, 0.29) is 0 Å². The first-order chi connectivity index (χ1) is 6.79. The van der Waals surface area contributed by atoms with Crippen molar-refractivity contribution >= 4 is 12.3 Å². The zero-order chi connectivity index (χ0) is 9.97. The van der Waals surface area contributed by atoms with Crippen LogP contribution in [0.5, 0.6) is 0 Å². The van der Waals surface area contributed by atoms with Gasteiger partial charge in [-0.05, 0) is 24.7 Å². The number of amides is 1. The Morgan fingerprint density at radius 1 is 1.57 bits per heavy atom. The van der Waals surface area contributed by atoms with Gasteiger partial charge in [0, 0.05) is 12.1 Å². The Bertz CT molecular complexity index is 286. The predicted octanol–water partition coefficient (Wildman–Crippen LogP) is 1.54. The molecule has 14 heavy (non-hydrogen) atoms. The summed E-state index contributed by atoms with van der Waals surface area (Å²) in [5, 5.41) is 3.86. The van der Waals surface area contributed by atoms with Gasteiger partial charge in [-0.15, -0.1) is 0 Å². The zero-order valence-electron chi connectivity index (χ0n) is 8.14. The molecule has 0 aromatic carbocycles. The number of hydrogen-bond acceptors (Lipinski definition) is 3. The Balaban J connectivity index is 1.81. The Morgan fingerprint density at radius 2 is 2.43 bits per heavy atom. The van der Waals surface area contributed by atoms with E-state index in [4.69, 9.17) is 0 Å². The van der Waals surface area contributed by atoms with E-state index in [1.165, 1.54) is 13.5 Å². The van der Waals surface area contributed by atoms with Crippen LogP contribution in [-0.2, 0) is 4.74 Å². The molecule has 4 heteroatoms. The summed E-state index contributed by atoms with van der Waals surface area (Å²) in [7, 11) is 1.32. The van der Waals surface area contributed by atoms with Crippen molar-refractivity contribution < 1.29 is 9.53 Å². The van der Waals surface area contributed by atoms with Gasteiger partial charge >= 0.3 is 6.09 Å². The van der Waals surface area contributed by atoms with Crippen molar-refractivity contribution in [2.45, 2.75) is 12.8 Å². The standard InChI is InChI=1S/C10H14N2O2/c1-14-10(13)12-11-6-9-5-7-2-3-8(9)4-7/h2-3,6-9H,4-5H2,1H3,(H,12,13). The van der Waals surface area contributed by atoms with Crippen molar-refractivity contribution in [3.63, 3.8) is 0 Å². The molecule has 0 spiro atoms. The van der Waals surface area contributed by atoms with Crippen LogP contribution >= 0.6 is 0 Å². The van der Waals surface area contributed by atoms with Crippen molar-refractivity contribution in [1.82, 2.24) is 5.43 Å². The maximum atomic E-state index is 10.7. The molecular formula is C10H14N2O2. The van der Waals surface area contributed by atoms with Crippen LogP contribution in [0.15, 0.2) is 17.3 Å². The quantitative estimate of drug-likeness (QED) is 0.412. The average Bonchev–Trinajstić information content (AvgIpc) is 2.79. The molecule has 4 nitrogen and oxygen atoms in total. The molecule has 2 bridgehead atoms. The second-order valence-corrected chi connectivity index (χ2v) is 3.83. The topological polar surface area (TPSA) is 50.7 Å². The van der Waals surface area contributed by atoms with E-state index in [2.05, 4.69) is 27.4 Å². The van der Waals surface area contributed by atoms with E-state index < -0.39 is 6.09 Å². The van der Waals surface area contributed by atoms with Crippen LogP contribution in [0.1, 0.15) is 12.8 Å². The summed E-state index contributed by atoms with van der Waals surface area (Å²) >= 11 is 0. The lowest BCUT2D eigenvalue weighted by atomic mass is 9.95. The van der Waals surface area contributed by atoms with Crippen LogP contribution in [0.4, 0.5) is 4.79 Å². The fourth-order valence-corrected chi connectivity index (χ4v) is 2.23. The summed E-state index contributed by atoms with van der Waals surface area (Å²) in [6.07, 6.45) is 8.25. The Kier molecular flexibility index (Phi) is 2.52. The van der Waals surface area contributed by atoms with Gasteiger partial charge in [-0.2, -0.15) is 5.10 Å². The summed E-state index contributed by atoms with van der Waals surface area (Å²) in [5.41, 5.74) is 2.30. The molecule has 0 heterocycles. The normalized spacial score (nSPS) is 33.9. The second kappa shape index (κ2) is 3.82. The third-order valence-electron chi connectivity index (χ3n) is 2.94. The van der Waals surface area contributed by atoms with Gasteiger partial charge in [0.15, 0.2) is 0 Å². The van der Waals surface area contributed by atoms with Crippen molar-refractivity contribution in [3.8, 4) is 0 Å². The molecule has 1 N–H and O–H groups in total. The van der Waals surface area contributed by atoms with E-state index in [0.717, 1.165) is 12.3 Å². The van der Waals surface area contributed by atoms with Crippen molar-refractivity contribution in [2.24, 2.45) is 22.9 Å². The molecule has 2 aliphatic rings. The molecule has 3 atom stereocenters. The van der Waals surface area contributed by atoms with Crippen molar-refractivity contribution in [2.75, 3.05) is 7.11 Å². The molecular weight excluding hydrogens is 180 g/mol. The lowest BCUT2D eigenvalue weighted by Crippen LogP contribution is -2.18. The highest BCUT2D eigenvalue weighted by atomic mass is 16.5. The smallest absolute Gasteiger partial charge is 0.427 e. The number of nitrogens with zero attached hydrogens (tertiary/aromatic N) is 1. The number of allylic oxidation sites excluding steroid dienone is 2. The first-order valence-electron chi connectivity index (χ1n) is 4.85. The number of nitrogens with one attached hydrogen (secondary N) is 1. The predicted molar refractivity (Wildman–Crippen MR) is 52.9 cm³/mol. The van der Waals surface area contributed by atoms with Gasteiger partial charge in [-0.1, -0.05) is 12.2 Å². The van der Waals surface area contributed by atoms with Gasteiger partial charge in [0.1, 0.15) is 0 Å². The highest BCUT2D eigenvalue weighted by Gasteiger charge is 2.34.